The molecule has 1 atom stereocenters. The van der Waals surface area contributed by atoms with Gasteiger partial charge < -0.3 is 9.64 Å². The summed E-state index contributed by atoms with van der Waals surface area (Å²) in [4.78, 5) is 16.9. The van der Waals surface area contributed by atoms with E-state index in [4.69, 9.17) is 4.74 Å². The zero-order valence-electron chi connectivity index (χ0n) is 14.3. The Labute approximate surface area is 146 Å². The van der Waals surface area contributed by atoms with Gasteiger partial charge in [-0.1, -0.05) is 12.1 Å². The predicted octanol–water partition coefficient (Wildman–Crippen LogP) is 1.55. The fraction of sp³-hybridized carbons (Fsp3) is 0.444. The third-order valence-electron chi connectivity index (χ3n) is 4.41. The van der Waals surface area contributed by atoms with Crippen LogP contribution in [0.5, 0.6) is 0 Å². The van der Waals surface area contributed by atoms with Gasteiger partial charge in [0, 0.05) is 39.1 Å². The van der Waals surface area contributed by atoms with Crippen LogP contribution in [0.4, 0.5) is 4.39 Å². The number of amides is 1. The highest BCUT2D eigenvalue weighted by Gasteiger charge is 2.31. The van der Waals surface area contributed by atoms with E-state index in [2.05, 4.69) is 10.00 Å². The number of morpholine rings is 1. The van der Waals surface area contributed by atoms with Gasteiger partial charge in [-0.05, 0) is 23.8 Å². The molecule has 1 fully saturated rings. The lowest BCUT2D eigenvalue weighted by Crippen LogP contribution is -2.46. The molecule has 1 aromatic carbocycles. The van der Waals surface area contributed by atoms with Crippen LogP contribution >= 0.6 is 0 Å². The van der Waals surface area contributed by atoms with Crippen molar-refractivity contribution in [2.24, 2.45) is 0 Å². The first-order valence-electron chi connectivity index (χ1n) is 8.45. The molecule has 2 heterocycles. The summed E-state index contributed by atoms with van der Waals surface area (Å²) in [5, 5.41) is 4.15. The highest BCUT2D eigenvalue weighted by Crippen LogP contribution is 2.24. The van der Waals surface area contributed by atoms with Gasteiger partial charge in [0.05, 0.1) is 19.8 Å². The molecule has 134 valence electrons. The summed E-state index contributed by atoms with van der Waals surface area (Å²) in [7, 11) is 1.78. The zero-order valence-corrected chi connectivity index (χ0v) is 14.3. The maximum Gasteiger partial charge on any atom is 0.244 e. The summed E-state index contributed by atoms with van der Waals surface area (Å²) in [5.41, 5.74) is 0.679. The molecule has 0 aliphatic carbocycles. The molecule has 1 aliphatic rings. The summed E-state index contributed by atoms with van der Waals surface area (Å²) in [6.07, 6.45) is 3.58. The van der Waals surface area contributed by atoms with Crippen molar-refractivity contribution < 1.29 is 13.9 Å². The number of aromatic nitrogens is 2. The Balaban J connectivity index is 1.76. The lowest BCUT2D eigenvalue weighted by Gasteiger charge is -2.36. The van der Waals surface area contributed by atoms with Crippen LogP contribution in [0.25, 0.3) is 0 Å². The maximum atomic E-state index is 13.7. The van der Waals surface area contributed by atoms with E-state index >= 15 is 0 Å². The molecule has 0 bridgehead atoms. The average Bonchev–Trinajstić information content (AvgIpc) is 3.14. The molecule has 1 aliphatic heterocycles. The number of nitrogens with zero attached hydrogens (tertiary/aromatic N) is 4. The third-order valence-corrected chi connectivity index (χ3v) is 4.41. The number of hydrogen-bond acceptors (Lipinski definition) is 4. The first kappa shape index (κ1) is 17.6. The number of rotatable bonds is 6. The van der Waals surface area contributed by atoms with E-state index in [0.29, 0.717) is 45.0 Å². The number of carbonyl (C=O) groups is 1. The molecule has 1 aromatic heterocycles. The predicted molar refractivity (Wildman–Crippen MR) is 91.4 cm³/mol. The minimum Gasteiger partial charge on any atom is -0.379 e. The quantitative estimate of drug-likeness (QED) is 0.796. The number of carbonyl (C=O) groups excluding carboxylic acids is 1. The van der Waals surface area contributed by atoms with Crippen LogP contribution in [-0.4, -0.2) is 65.4 Å². The number of likely N-dealkylation sites (N-methyl/N-ethyl adjacent to an activating group) is 1. The summed E-state index contributed by atoms with van der Waals surface area (Å²) in [6, 6.07) is 7.65. The van der Waals surface area contributed by atoms with E-state index < -0.39 is 6.04 Å². The van der Waals surface area contributed by atoms with Gasteiger partial charge in [0.25, 0.3) is 0 Å². The summed E-state index contributed by atoms with van der Waals surface area (Å²) < 4.78 is 20.9. The van der Waals surface area contributed by atoms with Crippen molar-refractivity contribution in [1.82, 2.24) is 19.6 Å². The van der Waals surface area contributed by atoms with Gasteiger partial charge in [-0.15, -0.1) is 0 Å². The van der Waals surface area contributed by atoms with Crippen molar-refractivity contribution in [2.75, 3.05) is 39.9 Å². The molecule has 1 unspecified atom stereocenters. The van der Waals surface area contributed by atoms with Crippen molar-refractivity contribution in [1.29, 1.82) is 0 Å². The van der Waals surface area contributed by atoms with Gasteiger partial charge >= 0.3 is 0 Å². The Bertz CT molecular complexity index is 686. The van der Waals surface area contributed by atoms with Crippen LogP contribution in [-0.2, 0) is 16.1 Å². The van der Waals surface area contributed by atoms with Gasteiger partial charge in [0.15, 0.2) is 0 Å². The number of halogens is 1. The van der Waals surface area contributed by atoms with Crippen molar-refractivity contribution >= 4 is 5.91 Å². The average molecular weight is 346 g/mol. The number of hydrogen-bond donors (Lipinski definition) is 0. The Morgan fingerprint density at radius 2 is 2.16 bits per heavy atom. The van der Waals surface area contributed by atoms with Gasteiger partial charge in [0.2, 0.25) is 5.91 Å². The molecular weight excluding hydrogens is 323 g/mol. The molecule has 0 N–H and O–H groups in total. The highest BCUT2D eigenvalue weighted by atomic mass is 19.1. The number of ether oxygens (including phenoxy) is 1. The summed E-state index contributed by atoms with van der Waals surface area (Å²) in [5.74, 6) is -0.373. The van der Waals surface area contributed by atoms with Crippen LogP contribution in [0, 0.1) is 5.82 Å². The zero-order chi connectivity index (χ0) is 17.6. The lowest BCUT2D eigenvalue weighted by atomic mass is 10.0. The standard InChI is InChI=1S/C18H23FN4O2/c1-21(8-9-23-7-3-6-20-23)18(24)17(22-10-12-25-13-11-22)15-4-2-5-16(19)14-15/h2-7,14,17H,8-13H2,1H3. The fourth-order valence-corrected chi connectivity index (χ4v) is 3.03. The molecule has 7 heteroatoms. The molecule has 1 saturated heterocycles. The van der Waals surface area contributed by atoms with Crippen LogP contribution < -0.4 is 0 Å². The fourth-order valence-electron chi connectivity index (χ4n) is 3.03. The topological polar surface area (TPSA) is 50.6 Å². The van der Waals surface area contributed by atoms with Gasteiger partial charge in [-0.25, -0.2) is 4.39 Å². The summed E-state index contributed by atoms with van der Waals surface area (Å²) in [6.45, 7) is 3.62. The minimum absolute atomic E-state index is 0.0420. The van der Waals surface area contributed by atoms with Crippen molar-refractivity contribution in [3.63, 3.8) is 0 Å². The Hall–Kier alpha value is -2.25. The monoisotopic (exact) mass is 346 g/mol. The van der Waals surface area contributed by atoms with Crippen molar-refractivity contribution in [3.05, 3.63) is 54.1 Å². The Kier molecular flexibility index (Phi) is 5.78. The molecule has 3 rings (SSSR count). The molecular formula is C18H23FN4O2. The molecule has 0 spiro atoms. The van der Waals surface area contributed by atoms with Crippen molar-refractivity contribution in [3.8, 4) is 0 Å². The van der Waals surface area contributed by atoms with Gasteiger partial charge in [0.1, 0.15) is 11.9 Å². The molecule has 25 heavy (non-hydrogen) atoms. The van der Waals surface area contributed by atoms with Crippen molar-refractivity contribution in [2.45, 2.75) is 12.6 Å². The van der Waals surface area contributed by atoms with E-state index in [-0.39, 0.29) is 11.7 Å². The Morgan fingerprint density at radius 1 is 1.36 bits per heavy atom. The van der Waals surface area contributed by atoms with E-state index in [1.54, 1.807) is 28.9 Å². The van der Waals surface area contributed by atoms with E-state index in [0.717, 1.165) is 0 Å². The van der Waals surface area contributed by atoms with Crippen LogP contribution in [0.1, 0.15) is 11.6 Å². The molecule has 6 nitrogen and oxygen atoms in total. The summed E-state index contributed by atoms with van der Waals surface area (Å²) >= 11 is 0. The minimum atomic E-state index is -0.498. The highest BCUT2D eigenvalue weighted by molar-refractivity contribution is 5.83. The number of benzene rings is 1. The second-order valence-electron chi connectivity index (χ2n) is 6.13. The molecule has 2 aromatic rings. The van der Waals surface area contributed by atoms with Gasteiger partial charge in [-0.3, -0.25) is 14.4 Å². The second-order valence-corrected chi connectivity index (χ2v) is 6.13. The normalized spacial score (nSPS) is 16.6. The second kappa shape index (κ2) is 8.22. The van der Waals surface area contributed by atoms with E-state index in [1.165, 1.54) is 12.1 Å². The van der Waals surface area contributed by atoms with Crippen LogP contribution in [0.2, 0.25) is 0 Å². The smallest absolute Gasteiger partial charge is 0.244 e. The van der Waals surface area contributed by atoms with E-state index in [9.17, 15) is 9.18 Å². The SMILES string of the molecule is CN(CCn1cccn1)C(=O)C(c1cccc(F)c1)N1CCOCC1. The molecule has 0 radical (unpaired) electrons. The largest absolute Gasteiger partial charge is 0.379 e. The van der Waals surface area contributed by atoms with Gasteiger partial charge in [-0.2, -0.15) is 5.10 Å². The first-order chi connectivity index (χ1) is 12.1. The maximum absolute atomic E-state index is 13.7. The van der Waals surface area contributed by atoms with E-state index in [1.807, 2.05) is 18.3 Å². The third kappa shape index (κ3) is 4.43. The molecule has 0 saturated carbocycles. The lowest BCUT2D eigenvalue weighted by molar-refractivity contribution is -0.138. The van der Waals surface area contributed by atoms with Crippen LogP contribution in [0.15, 0.2) is 42.7 Å². The van der Waals surface area contributed by atoms with Crippen LogP contribution in [0.3, 0.4) is 0 Å². The first-order valence-corrected chi connectivity index (χ1v) is 8.45. The Morgan fingerprint density at radius 3 is 2.84 bits per heavy atom. The molecule has 1 amide bonds.